The molecule has 8 aromatic carbocycles. The number of benzene rings is 8. The molecule has 0 saturated carbocycles. The Hall–Kier alpha value is -6.78. The van der Waals surface area contributed by atoms with Gasteiger partial charge in [0, 0.05) is 43.4 Å². The van der Waals surface area contributed by atoms with Crippen LogP contribution in [0.25, 0.3) is 110 Å². The third-order valence-corrected chi connectivity index (χ3v) is 10.1. The van der Waals surface area contributed by atoms with Crippen LogP contribution < -0.4 is 0 Å². The second kappa shape index (κ2) is 10.4. The van der Waals surface area contributed by atoms with Gasteiger partial charge in [0.1, 0.15) is 22.3 Å². The van der Waals surface area contributed by atoms with Gasteiger partial charge in [-0.1, -0.05) is 133 Å². The number of nitrogens with zero attached hydrogens (tertiary/aromatic N) is 2. The first-order valence-electron chi connectivity index (χ1n) is 16.8. The molecular weight excluding hydrogens is 613 g/mol. The lowest BCUT2D eigenvalue weighted by Gasteiger charge is -2.11. The molecule has 0 amide bonds. The summed E-state index contributed by atoms with van der Waals surface area (Å²) in [6.45, 7) is 0. The number of aromatic nitrogens is 2. The number of furan rings is 2. The van der Waals surface area contributed by atoms with Crippen LogP contribution in [0.4, 0.5) is 0 Å². The molecule has 4 nitrogen and oxygen atoms in total. The van der Waals surface area contributed by atoms with Crippen molar-refractivity contribution in [1.29, 1.82) is 0 Å². The summed E-state index contributed by atoms with van der Waals surface area (Å²) in [6.07, 6.45) is 1.90. The molecule has 11 aromatic rings. The Bertz CT molecular complexity index is 3090. The van der Waals surface area contributed by atoms with Crippen molar-refractivity contribution in [1.82, 2.24) is 9.97 Å². The van der Waals surface area contributed by atoms with Gasteiger partial charge < -0.3 is 8.83 Å². The normalized spacial score (nSPS) is 12.0. The highest BCUT2D eigenvalue weighted by Gasteiger charge is 2.21. The van der Waals surface area contributed by atoms with E-state index in [2.05, 4.69) is 127 Å². The summed E-state index contributed by atoms with van der Waals surface area (Å²) in [5.41, 5.74) is 11.6. The van der Waals surface area contributed by atoms with Crippen LogP contribution in [0.2, 0.25) is 0 Å². The molecule has 0 saturated heterocycles. The molecule has 0 aliphatic rings. The molecule has 0 atom stereocenters. The maximum atomic E-state index is 6.55. The van der Waals surface area contributed by atoms with Crippen molar-refractivity contribution in [3.63, 3.8) is 0 Å². The zero-order valence-electron chi connectivity index (χ0n) is 26.7. The van der Waals surface area contributed by atoms with Crippen molar-refractivity contribution in [2.45, 2.75) is 0 Å². The standard InChI is InChI=1S/C46H26N2O2/c1-3-12-34-31(9-1)32-10-2-4-13-35(32)45-44(34)47-26-38(48-45)29-21-17-27(18-22-29)28-19-23-30(24-20-28)42-43-36-14-6-8-16-40(36)49-41(43)25-37-33-11-5-7-15-39(33)50-46(37)42/h1-26H. The molecular formula is C46H26N2O2. The number of rotatable bonds is 3. The maximum absolute atomic E-state index is 6.55. The van der Waals surface area contributed by atoms with Crippen LogP contribution in [0.1, 0.15) is 0 Å². The lowest BCUT2D eigenvalue weighted by molar-refractivity contribution is 0.664. The minimum Gasteiger partial charge on any atom is -0.456 e. The van der Waals surface area contributed by atoms with Crippen LogP contribution in [-0.2, 0) is 0 Å². The molecule has 50 heavy (non-hydrogen) atoms. The van der Waals surface area contributed by atoms with Crippen LogP contribution in [0.15, 0.2) is 167 Å². The molecule has 4 heteroatoms. The highest BCUT2D eigenvalue weighted by Crippen LogP contribution is 2.45. The highest BCUT2D eigenvalue weighted by molar-refractivity contribution is 6.24. The quantitative estimate of drug-likeness (QED) is 0.181. The van der Waals surface area contributed by atoms with E-state index in [9.17, 15) is 0 Å². The van der Waals surface area contributed by atoms with E-state index >= 15 is 0 Å². The summed E-state index contributed by atoms with van der Waals surface area (Å²) < 4.78 is 12.9. The number of hydrogen-bond donors (Lipinski definition) is 0. The topological polar surface area (TPSA) is 52.1 Å². The van der Waals surface area contributed by atoms with E-state index in [1.54, 1.807) is 0 Å². The van der Waals surface area contributed by atoms with Crippen LogP contribution >= 0.6 is 0 Å². The molecule has 0 aliphatic carbocycles. The van der Waals surface area contributed by atoms with Crippen molar-refractivity contribution in [3.05, 3.63) is 158 Å². The van der Waals surface area contributed by atoms with Gasteiger partial charge in [-0.2, -0.15) is 0 Å². The fourth-order valence-electron chi connectivity index (χ4n) is 7.76. The van der Waals surface area contributed by atoms with Crippen LogP contribution in [0.5, 0.6) is 0 Å². The SMILES string of the molecule is c1ccc2c(c1)oc1c(-c3ccc(-c4ccc(-c5cnc6c7ccccc7c7ccccc7c6n5)cc4)cc3)c3c(cc12)oc1ccccc13. The van der Waals surface area contributed by atoms with Crippen LogP contribution in [0, 0.1) is 0 Å². The minimum atomic E-state index is 0.857. The van der Waals surface area contributed by atoms with Crippen molar-refractivity contribution in [2.24, 2.45) is 0 Å². The number of fused-ring (bicyclic) bond motifs is 12. The van der Waals surface area contributed by atoms with Gasteiger partial charge in [-0.05, 0) is 45.7 Å². The van der Waals surface area contributed by atoms with Gasteiger partial charge in [0.05, 0.1) is 22.9 Å². The van der Waals surface area contributed by atoms with Gasteiger partial charge in [0.25, 0.3) is 0 Å². The zero-order chi connectivity index (χ0) is 32.8. The predicted octanol–water partition coefficient (Wildman–Crippen LogP) is 12.7. The first-order chi connectivity index (χ1) is 24.8. The van der Waals surface area contributed by atoms with E-state index < -0.39 is 0 Å². The number of hydrogen-bond acceptors (Lipinski definition) is 4. The van der Waals surface area contributed by atoms with Gasteiger partial charge in [0.15, 0.2) is 0 Å². The number of para-hydroxylation sites is 2. The Balaban J connectivity index is 1.00. The minimum absolute atomic E-state index is 0.857. The Morgan fingerprint density at radius 2 is 0.900 bits per heavy atom. The summed E-state index contributed by atoms with van der Waals surface area (Å²) in [6, 6.07) is 52.8. The van der Waals surface area contributed by atoms with E-state index in [0.29, 0.717) is 0 Å². The fraction of sp³-hybridized carbons (Fsp3) is 0. The summed E-state index contributed by atoms with van der Waals surface area (Å²) in [4.78, 5) is 10.1. The summed E-state index contributed by atoms with van der Waals surface area (Å²) in [7, 11) is 0. The third-order valence-electron chi connectivity index (χ3n) is 10.1. The molecule has 232 valence electrons. The Labute approximate surface area is 285 Å². The molecule has 0 radical (unpaired) electrons. The molecule has 0 spiro atoms. The molecule has 0 unspecified atom stereocenters. The van der Waals surface area contributed by atoms with E-state index in [0.717, 1.165) is 99.2 Å². The van der Waals surface area contributed by atoms with E-state index in [1.807, 2.05) is 30.5 Å². The molecule has 3 heterocycles. The molecule has 0 fully saturated rings. The van der Waals surface area contributed by atoms with Gasteiger partial charge in [0.2, 0.25) is 0 Å². The van der Waals surface area contributed by atoms with E-state index in [1.165, 1.54) is 10.8 Å². The van der Waals surface area contributed by atoms with Crippen LogP contribution in [-0.4, -0.2) is 9.97 Å². The first kappa shape index (κ1) is 27.2. The summed E-state index contributed by atoms with van der Waals surface area (Å²) in [5.74, 6) is 0. The Morgan fingerprint density at radius 3 is 1.58 bits per heavy atom. The fourth-order valence-corrected chi connectivity index (χ4v) is 7.76. The average Bonchev–Trinajstić information content (AvgIpc) is 3.75. The lowest BCUT2D eigenvalue weighted by Crippen LogP contribution is -1.92. The second-order valence-corrected chi connectivity index (χ2v) is 12.9. The van der Waals surface area contributed by atoms with Gasteiger partial charge in [-0.15, -0.1) is 0 Å². The molecule has 11 rings (SSSR count). The second-order valence-electron chi connectivity index (χ2n) is 12.9. The van der Waals surface area contributed by atoms with Crippen molar-refractivity contribution < 1.29 is 8.83 Å². The van der Waals surface area contributed by atoms with Crippen molar-refractivity contribution in [3.8, 4) is 33.5 Å². The van der Waals surface area contributed by atoms with Gasteiger partial charge in [-0.3, -0.25) is 4.98 Å². The van der Waals surface area contributed by atoms with Gasteiger partial charge >= 0.3 is 0 Å². The third kappa shape index (κ3) is 3.93. The molecule has 0 aliphatic heterocycles. The monoisotopic (exact) mass is 638 g/mol. The largest absolute Gasteiger partial charge is 0.456 e. The van der Waals surface area contributed by atoms with E-state index in [-0.39, 0.29) is 0 Å². The lowest BCUT2D eigenvalue weighted by atomic mass is 9.94. The zero-order valence-corrected chi connectivity index (χ0v) is 26.7. The van der Waals surface area contributed by atoms with Crippen molar-refractivity contribution in [2.75, 3.05) is 0 Å². The highest BCUT2D eigenvalue weighted by atomic mass is 16.3. The Kier molecular flexibility index (Phi) is 5.63. The Morgan fingerprint density at radius 1 is 0.380 bits per heavy atom. The summed E-state index contributed by atoms with van der Waals surface area (Å²) in [5, 5.41) is 8.92. The van der Waals surface area contributed by atoms with Gasteiger partial charge in [-0.25, -0.2) is 4.98 Å². The molecule has 0 bridgehead atoms. The maximum Gasteiger partial charge on any atom is 0.144 e. The molecule has 3 aromatic heterocycles. The molecule has 0 N–H and O–H groups in total. The van der Waals surface area contributed by atoms with E-state index in [4.69, 9.17) is 18.8 Å². The van der Waals surface area contributed by atoms with Crippen LogP contribution in [0.3, 0.4) is 0 Å². The predicted molar refractivity (Wildman–Crippen MR) is 205 cm³/mol. The van der Waals surface area contributed by atoms with Crippen molar-refractivity contribution >= 4 is 76.5 Å². The average molecular weight is 639 g/mol. The summed E-state index contributed by atoms with van der Waals surface area (Å²) >= 11 is 0. The first-order valence-corrected chi connectivity index (χ1v) is 16.8. The smallest absolute Gasteiger partial charge is 0.144 e.